The minimum absolute atomic E-state index is 0.291. The zero-order chi connectivity index (χ0) is 19.9. The summed E-state index contributed by atoms with van der Waals surface area (Å²) in [6, 6.07) is 12.0. The van der Waals surface area contributed by atoms with Crippen LogP contribution in [0.1, 0.15) is 12.0 Å². The number of methoxy groups -OCH3 is 1. The Kier molecular flexibility index (Phi) is 6.60. The van der Waals surface area contributed by atoms with Crippen molar-refractivity contribution in [1.29, 1.82) is 0 Å². The van der Waals surface area contributed by atoms with E-state index in [1.54, 1.807) is 12.3 Å². The van der Waals surface area contributed by atoms with E-state index < -0.39 is 5.97 Å². The summed E-state index contributed by atoms with van der Waals surface area (Å²) in [5.74, 6) is -0.943. The van der Waals surface area contributed by atoms with Gasteiger partial charge in [-0.05, 0) is 30.7 Å². The highest BCUT2D eigenvalue weighted by atomic mass is 19.1. The highest BCUT2D eigenvalue weighted by Gasteiger charge is 2.27. The Morgan fingerprint density at radius 1 is 1.32 bits per heavy atom. The van der Waals surface area contributed by atoms with E-state index in [1.165, 1.54) is 19.2 Å². The first kappa shape index (κ1) is 19.8. The number of likely N-dealkylation sites (tertiary alicyclic amines) is 1. The second kappa shape index (κ2) is 9.32. The van der Waals surface area contributed by atoms with E-state index in [2.05, 4.69) is 10.1 Å². The third kappa shape index (κ3) is 4.86. The summed E-state index contributed by atoms with van der Waals surface area (Å²) in [6.07, 6.45) is 2.29. The molecule has 1 N–H and O–H groups in total. The maximum atomic E-state index is 13.5. The van der Waals surface area contributed by atoms with Crippen LogP contribution < -0.4 is 4.74 Å². The molecule has 0 amide bonds. The van der Waals surface area contributed by atoms with E-state index in [0.717, 1.165) is 23.2 Å². The lowest BCUT2D eigenvalue weighted by Gasteiger charge is -2.13. The predicted octanol–water partition coefficient (Wildman–Crippen LogP) is 3.26. The first-order valence-electron chi connectivity index (χ1n) is 9.12. The number of oxime groups is 1. The monoisotopic (exact) mass is 386 g/mol. The molecule has 0 aliphatic carbocycles. The van der Waals surface area contributed by atoms with Crippen molar-refractivity contribution in [3.05, 3.63) is 53.8 Å². The van der Waals surface area contributed by atoms with Crippen molar-refractivity contribution in [2.75, 3.05) is 33.4 Å². The molecule has 0 spiro atoms. The van der Waals surface area contributed by atoms with Crippen molar-refractivity contribution in [3.8, 4) is 16.9 Å². The lowest BCUT2D eigenvalue weighted by molar-refractivity contribution is -0.141. The summed E-state index contributed by atoms with van der Waals surface area (Å²) < 4.78 is 18.8. The van der Waals surface area contributed by atoms with Crippen molar-refractivity contribution < 1.29 is 23.9 Å². The van der Waals surface area contributed by atoms with E-state index in [1.807, 2.05) is 24.3 Å². The van der Waals surface area contributed by atoms with Crippen LogP contribution >= 0.6 is 0 Å². The lowest BCUT2D eigenvalue weighted by atomic mass is 9.99. The fourth-order valence-corrected chi connectivity index (χ4v) is 3.30. The average Bonchev–Trinajstić information content (AvgIpc) is 3.17. The third-order valence-corrected chi connectivity index (χ3v) is 4.80. The number of benzene rings is 2. The Labute approximate surface area is 163 Å². The molecule has 3 rings (SSSR count). The van der Waals surface area contributed by atoms with E-state index in [4.69, 9.17) is 14.7 Å². The molecule has 2 aromatic carbocycles. The van der Waals surface area contributed by atoms with Gasteiger partial charge in [0.25, 0.3) is 0 Å². The van der Waals surface area contributed by atoms with Crippen molar-refractivity contribution in [3.63, 3.8) is 0 Å². The van der Waals surface area contributed by atoms with Gasteiger partial charge in [0.15, 0.2) is 0 Å². The van der Waals surface area contributed by atoms with Crippen LogP contribution in [0.5, 0.6) is 5.75 Å². The number of carboxylic acid groups (broad SMARTS) is 1. The molecular weight excluding hydrogens is 363 g/mol. The van der Waals surface area contributed by atoms with Gasteiger partial charge in [-0.3, -0.25) is 9.69 Å². The maximum absolute atomic E-state index is 13.5. The average molecular weight is 386 g/mol. The minimum atomic E-state index is -0.741. The molecule has 1 heterocycles. The Balaban J connectivity index is 1.60. The largest absolute Gasteiger partial charge is 0.496 e. The highest BCUT2D eigenvalue weighted by molar-refractivity contribution is 5.91. The quantitative estimate of drug-likeness (QED) is 0.428. The zero-order valence-electron chi connectivity index (χ0n) is 15.7. The number of carboxylic acids is 1. The van der Waals surface area contributed by atoms with Crippen LogP contribution in [0.4, 0.5) is 4.39 Å². The van der Waals surface area contributed by atoms with E-state index in [0.29, 0.717) is 31.9 Å². The highest BCUT2D eigenvalue weighted by Crippen LogP contribution is 2.32. The van der Waals surface area contributed by atoms with Crippen LogP contribution in [-0.4, -0.2) is 55.5 Å². The Morgan fingerprint density at radius 2 is 2.14 bits per heavy atom. The molecule has 148 valence electrons. The van der Waals surface area contributed by atoms with Crippen LogP contribution in [-0.2, 0) is 9.63 Å². The van der Waals surface area contributed by atoms with Gasteiger partial charge in [0, 0.05) is 30.3 Å². The molecule has 2 aromatic rings. The van der Waals surface area contributed by atoms with Gasteiger partial charge < -0.3 is 14.7 Å². The van der Waals surface area contributed by atoms with Gasteiger partial charge in [-0.2, -0.15) is 0 Å². The number of halogens is 1. The Morgan fingerprint density at radius 3 is 2.89 bits per heavy atom. The summed E-state index contributed by atoms with van der Waals surface area (Å²) >= 11 is 0. The van der Waals surface area contributed by atoms with E-state index in [-0.39, 0.29) is 11.7 Å². The van der Waals surface area contributed by atoms with Gasteiger partial charge in [0.2, 0.25) is 0 Å². The molecule has 0 saturated carbocycles. The van der Waals surface area contributed by atoms with Crippen molar-refractivity contribution in [1.82, 2.24) is 4.90 Å². The summed E-state index contributed by atoms with van der Waals surface area (Å²) in [5, 5.41) is 13.1. The van der Waals surface area contributed by atoms with Crippen molar-refractivity contribution >= 4 is 12.2 Å². The van der Waals surface area contributed by atoms with Gasteiger partial charge in [0.05, 0.1) is 19.2 Å². The van der Waals surface area contributed by atoms with Crippen molar-refractivity contribution in [2.24, 2.45) is 11.1 Å². The molecule has 1 atom stereocenters. The SMILES string of the molecule is COc1cc(F)ccc1-c1ccccc1/C=N/OCCN1CCC(C(=O)O)C1. The fraction of sp³-hybridized carbons (Fsp3) is 0.333. The van der Waals surface area contributed by atoms with E-state index >= 15 is 0 Å². The molecule has 0 aromatic heterocycles. The molecule has 0 radical (unpaired) electrons. The second-order valence-corrected chi connectivity index (χ2v) is 6.62. The maximum Gasteiger partial charge on any atom is 0.307 e. The second-order valence-electron chi connectivity index (χ2n) is 6.62. The zero-order valence-corrected chi connectivity index (χ0v) is 15.7. The van der Waals surface area contributed by atoms with Gasteiger partial charge in [-0.25, -0.2) is 4.39 Å². The summed E-state index contributed by atoms with van der Waals surface area (Å²) in [6.45, 7) is 2.33. The summed E-state index contributed by atoms with van der Waals surface area (Å²) in [5.41, 5.74) is 2.44. The van der Waals surface area contributed by atoms with Crippen molar-refractivity contribution in [2.45, 2.75) is 6.42 Å². The molecule has 1 fully saturated rings. The number of ether oxygens (including phenoxy) is 1. The normalized spacial score (nSPS) is 17.1. The molecule has 1 saturated heterocycles. The number of aliphatic carboxylic acids is 1. The van der Waals surface area contributed by atoms with Crippen LogP contribution in [0.25, 0.3) is 11.1 Å². The van der Waals surface area contributed by atoms with Crippen LogP contribution in [0.15, 0.2) is 47.6 Å². The molecule has 1 aliphatic heterocycles. The van der Waals surface area contributed by atoms with Gasteiger partial charge in [-0.15, -0.1) is 0 Å². The van der Waals surface area contributed by atoms with Gasteiger partial charge >= 0.3 is 5.97 Å². The number of hydrogen-bond acceptors (Lipinski definition) is 5. The molecule has 28 heavy (non-hydrogen) atoms. The van der Waals surface area contributed by atoms with Crippen LogP contribution in [0, 0.1) is 11.7 Å². The first-order valence-corrected chi connectivity index (χ1v) is 9.12. The van der Waals surface area contributed by atoms with Gasteiger partial charge in [-0.1, -0.05) is 29.4 Å². The first-order chi connectivity index (χ1) is 13.6. The standard InChI is InChI=1S/C21H23FN2O4/c1-27-20-12-17(22)6-7-19(20)18-5-3-2-4-15(18)13-23-28-11-10-24-9-8-16(14-24)21(25)26/h2-7,12-13,16H,8-11,14H2,1H3,(H,25,26)/b23-13+. The number of nitrogens with zero attached hydrogens (tertiary/aromatic N) is 2. The number of carbonyl (C=O) groups is 1. The topological polar surface area (TPSA) is 71.4 Å². The summed E-state index contributed by atoms with van der Waals surface area (Å²) in [4.78, 5) is 18.4. The predicted molar refractivity (Wildman–Crippen MR) is 104 cm³/mol. The third-order valence-electron chi connectivity index (χ3n) is 4.80. The molecular formula is C21H23FN2O4. The van der Waals surface area contributed by atoms with Crippen LogP contribution in [0.3, 0.4) is 0 Å². The Bertz CT molecular complexity index is 856. The molecule has 1 unspecified atom stereocenters. The number of rotatable bonds is 8. The Hall–Kier alpha value is -2.93. The fourth-order valence-electron chi connectivity index (χ4n) is 3.30. The molecule has 6 nitrogen and oxygen atoms in total. The molecule has 0 bridgehead atoms. The number of hydrogen-bond donors (Lipinski definition) is 1. The summed E-state index contributed by atoms with van der Waals surface area (Å²) in [7, 11) is 1.51. The molecule has 7 heteroatoms. The molecule has 1 aliphatic rings. The minimum Gasteiger partial charge on any atom is -0.496 e. The smallest absolute Gasteiger partial charge is 0.307 e. The van der Waals surface area contributed by atoms with Crippen LogP contribution in [0.2, 0.25) is 0 Å². The lowest BCUT2D eigenvalue weighted by Crippen LogP contribution is -2.26. The van der Waals surface area contributed by atoms with E-state index in [9.17, 15) is 9.18 Å². The van der Waals surface area contributed by atoms with Gasteiger partial charge in [0.1, 0.15) is 18.2 Å².